The topological polar surface area (TPSA) is 43.4 Å². The van der Waals surface area contributed by atoms with Crippen LogP contribution in [-0.4, -0.2) is 17.7 Å². The second kappa shape index (κ2) is 3.09. The molecule has 0 aliphatic carbocycles. The predicted molar refractivity (Wildman–Crippen MR) is 43.6 cm³/mol. The van der Waals surface area contributed by atoms with Gasteiger partial charge in [-0.25, -0.2) is 0 Å². The summed E-state index contributed by atoms with van der Waals surface area (Å²) in [6.45, 7) is 4.69. The van der Waals surface area contributed by atoms with E-state index in [1.165, 1.54) is 13.8 Å². The van der Waals surface area contributed by atoms with Crippen molar-refractivity contribution < 1.29 is 14.3 Å². The zero-order valence-electron chi connectivity index (χ0n) is 7.51. The van der Waals surface area contributed by atoms with Crippen LogP contribution in [0.15, 0.2) is 11.3 Å². The molecule has 0 fully saturated rings. The van der Waals surface area contributed by atoms with E-state index in [1.54, 1.807) is 6.92 Å². The molecule has 0 aromatic rings. The fraction of sp³-hybridized carbons (Fsp3) is 0.556. The lowest BCUT2D eigenvalue weighted by molar-refractivity contribution is -0.124. The molecule has 1 rings (SSSR count). The summed E-state index contributed by atoms with van der Waals surface area (Å²) < 4.78 is 5.21. The molecule has 0 aromatic carbocycles. The summed E-state index contributed by atoms with van der Waals surface area (Å²) in [7, 11) is 0. The molecule has 0 saturated heterocycles. The number of hydrogen-bond donors (Lipinski definition) is 0. The van der Waals surface area contributed by atoms with Crippen molar-refractivity contribution >= 4 is 11.6 Å². The summed E-state index contributed by atoms with van der Waals surface area (Å²) >= 11 is 0. The van der Waals surface area contributed by atoms with E-state index in [1.807, 2.05) is 0 Å². The summed E-state index contributed by atoms with van der Waals surface area (Å²) in [6.07, 6.45) is 0.0140. The van der Waals surface area contributed by atoms with Gasteiger partial charge < -0.3 is 4.74 Å². The molecule has 0 N–H and O–H groups in total. The van der Waals surface area contributed by atoms with Crippen molar-refractivity contribution in [3.8, 4) is 0 Å². The molecule has 1 atom stereocenters. The van der Waals surface area contributed by atoms with Crippen LogP contribution in [-0.2, 0) is 14.3 Å². The zero-order chi connectivity index (χ0) is 9.30. The number of carbonyl (C=O) groups excluding carboxylic acids is 2. The molecule has 0 amide bonds. The van der Waals surface area contributed by atoms with Crippen molar-refractivity contribution in [1.82, 2.24) is 0 Å². The van der Waals surface area contributed by atoms with Crippen LogP contribution in [0.2, 0.25) is 0 Å². The molecule has 1 heterocycles. The van der Waals surface area contributed by atoms with Gasteiger partial charge in [0, 0.05) is 12.0 Å². The minimum Gasteiger partial charge on any atom is -0.487 e. The summed E-state index contributed by atoms with van der Waals surface area (Å²) in [5.74, 6) is 0.574. The highest BCUT2D eigenvalue weighted by molar-refractivity contribution is 5.96. The quantitative estimate of drug-likeness (QED) is 0.622. The van der Waals surface area contributed by atoms with Crippen molar-refractivity contribution in [2.45, 2.75) is 33.3 Å². The highest BCUT2D eigenvalue weighted by Crippen LogP contribution is 2.25. The van der Waals surface area contributed by atoms with Crippen LogP contribution in [0, 0.1) is 0 Å². The van der Waals surface area contributed by atoms with E-state index in [9.17, 15) is 9.59 Å². The number of ether oxygens (including phenoxy) is 1. The van der Waals surface area contributed by atoms with E-state index in [0.29, 0.717) is 17.8 Å². The van der Waals surface area contributed by atoms with Gasteiger partial charge in [-0.3, -0.25) is 9.59 Å². The van der Waals surface area contributed by atoms with Gasteiger partial charge in [-0.2, -0.15) is 0 Å². The Bertz CT molecular complexity index is 263. The van der Waals surface area contributed by atoms with Gasteiger partial charge in [0.1, 0.15) is 5.76 Å². The molecule has 1 unspecified atom stereocenters. The van der Waals surface area contributed by atoms with E-state index in [-0.39, 0.29) is 11.6 Å². The number of rotatable bonds is 2. The average Bonchev–Trinajstić information content (AvgIpc) is 2.30. The fourth-order valence-corrected chi connectivity index (χ4v) is 1.27. The third-order valence-electron chi connectivity index (χ3n) is 2.01. The van der Waals surface area contributed by atoms with E-state index < -0.39 is 6.10 Å². The zero-order valence-corrected chi connectivity index (χ0v) is 7.51. The van der Waals surface area contributed by atoms with Gasteiger partial charge in [0.25, 0.3) is 0 Å². The number of Topliss-reactive ketones (excluding diaryl/α,β-unsaturated/α-hetero) is 2. The number of hydrogen-bond acceptors (Lipinski definition) is 3. The molecule has 1 aliphatic heterocycles. The minimum atomic E-state index is -0.427. The molecule has 0 spiro atoms. The van der Waals surface area contributed by atoms with Gasteiger partial charge in [0.2, 0.25) is 0 Å². The van der Waals surface area contributed by atoms with Gasteiger partial charge in [-0.05, 0) is 20.8 Å². The number of allylic oxidation sites excluding steroid dienone is 1. The Kier molecular flexibility index (Phi) is 2.31. The predicted octanol–water partition coefficient (Wildman–Crippen LogP) is 1.23. The smallest absolute Gasteiger partial charge is 0.170 e. The van der Waals surface area contributed by atoms with Gasteiger partial charge >= 0.3 is 0 Å². The maximum atomic E-state index is 11.0. The molecule has 3 nitrogen and oxygen atoms in total. The summed E-state index contributed by atoms with van der Waals surface area (Å²) in [5, 5.41) is 0. The van der Waals surface area contributed by atoms with Crippen molar-refractivity contribution in [3.05, 3.63) is 11.3 Å². The molecule has 3 heteroatoms. The largest absolute Gasteiger partial charge is 0.487 e. The number of ketones is 2. The van der Waals surface area contributed by atoms with E-state index in [2.05, 4.69) is 0 Å². The monoisotopic (exact) mass is 168 g/mol. The van der Waals surface area contributed by atoms with Crippen LogP contribution >= 0.6 is 0 Å². The Labute approximate surface area is 71.4 Å². The van der Waals surface area contributed by atoms with Crippen LogP contribution in [0.3, 0.4) is 0 Å². The maximum Gasteiger partial charge on any atom is 0.170 e. The normalized spacial score (nSPS) is 22.4. The summed E-state index contributed by atoms with van der Waals surface area (Å²) in [4.78, 5) is 21.9. The Balaban J connectivity index is 2.74. The first-order chi connectivity index (χ1) is 5.52. The minimum absolute atomic E-state index is 0.00347. The first-order valence-electron chi connectivity index (χ1n) is 3.90. The lowest BCUT2D eigenvalue weighted by Gasteiger charge is -2.05. The number of carbonyl (C=O) groups is 2. The van der Waals surface area contributed by atoms with Crippen LogP contribution < -0.4 is 0 Å². The molecule has 66 valence electrons. The Morgan fingerprint density at radius 2 is 2.00 bits per heavy atom. The standard InChI is InChI=1S/C9H12O3/c1-5(10)8-4-9(6(2)11)12-7(8)3/h9H,4H2,1-3H3. The molecule has 0 aromatic heterocycles. The van der Waals surface area contributed by atoms with Gasteiger partial charge in [0.05, 0.1) is 0 Å². The molecular formula is C9H12O3. The fourth-order valence-electron chi connectivity index (χ4n) is 1.27. The van der Waals surface area contributed by atoms with Gasteiger partial charge in [-0.15, -0.1) is 0 Å². The SMILES string of the molecule is CC(=O)C1=C(C)OC(C(C)=O)C1. The molecular weight excluding hydrogens is 156 g/mol. The second-order valence-corrected chi connectivity index (χ2v) is 3.01. The lowest BCUT2D eigenvalue weighted by atomic mass is 10.1. The van der Waals surface area contributed by atoms with Gasteiger partial charge in [-0.1, -0.05) is 0 Å². The van der Waals surface area contributed by atoms with Crippen molar-refractivity contribution in [2.75, 3.05) is 0 Å². The molecule has 12 heavy (non-hydrogen) atoms. The third kappa shape index (κ3) is 1.55. The van der Waals surface area contributed by atoms with Crippen molar-refractivity contribution in [1.29, 1.82) is 0 Å². The third-order valence-corrected chi connectivity index (χ3v) is 2.01. The van der Waals surface area contributed by atoms with Crippen molar-refractivity contribution in [3.63, 3.8) is 0 Å². The average molecular weight is 168 g/mol. The molecule has 0 radical (unpaired) electrons. The molecule has 0 saturated carbocycles. The van der Waals surface area contributed by atoms with Gasteiger partial charge in [0.15, 0.2) is 17.7 Å². The highest BCUT2D eigenvalue weighted by atomic mass is 16.5. The Morgan fingerprint density at radius 3 is 2.25 bits per heavy atom. The lowest BCUT2D eigenvalue weighted by Crippen LogP contribution is -2.16. The van der Waals surface area contributed by atoms with E-state index >= 15 is 0 Å². The maximum absolute atomic E-state index is 11.0. The van der Waals surface area contributed by atoms with Crippen LogP contribution in [0.4, 0.5) is 0 Å². The summed E-state index contributed by atoms with van der Waals surface area (Å²) in [6, 6.07) is 0. The highest BCUT2D eigenvalue weighted by Gasteiger charge is 2.28. The second-order valence-electron chi connectivity index (χ2n) is 3.01. The van der Waals surface area contributed by atoms with Crippen LogP contribution in [0.1, 0.15) is 27.2 Å². The first kappa shape index (κ1) is 8.97. The first-order valence-corrected chi connectivity index (χ1v) is 3.90. The molecule has 1 aliphatic rings. The summed E-state index contributed by atoms with van der Waals surface area (Å²) in [5.41, 5.74) is 0.648. The van der Waals surface area contributed by atoms with E-state index in [0.717, 1.165) is 0 Å². The van der Waals surface area contributed by atoms with Crippen LogP contribution in [0.25, 0.3) is 0 Å². The Morgan fingerprint density at radius 1 is 1.42 bits per heavy atom. The molecule has 0 bridgehead atoms. The van der Waals surface area contributed by atoms with Crippen molar-refractivity contribution in [2.24, 2.45) is 0 Å². The Hall–Kier alpha value is -1.12. The van der Waals surface area contributed by atoms with Crippen LogP contribution in [0.5, 0.6) is 0 Å². The van der Waals surface area contributed by atoms with E-state index in [4.69, 9.17) is 4.74 Å².